The molecule has 0 saturated heterocycles. The summed E-state index contributed by atoms with van der Waals surface area (Å²) in [6.45, 7) is 5.55. The molecule has 1 N–H and O–H groups in total. The van der Waals surface area contributed by atoms with E-state index in [0.717, 1.165) is 25.5 Å². The fourth-order valence-corrected chi connectivity index (χ4v) is 1.34. The highest BCUT2D eigenvalue weighted by Gasteiger charge is 1.94. The highest BCUT2D eigenvalue weighted by Crippen LogP contribution is 2.00. The summed E-state index contributed by atoms with van der Waals surface area (Å²) in [4.78, 5) is 0. The van der Waals surface area contributed by atoms with Crippen molar-refractivity contribution in [2.75, 3.05) is 19.7 Å². The molecule has 0 saturated carbocycles. The van der Waals surface area contributed by atoms with Crippen LogP contribution in [0.4, 0.5) is 0 Å². The van der Waals surface area contributed by atoms with Crippen LogP contribution in [0.15, 0.2) is 22.8 Å². The normalized spacial score (nSPS) is 10.7. The van der Waals surface area contributed by atoms with Gasteiger partial charge in [-0.2, -0.15) is 0 Å². The molecule has 0 amide bonds. The molecule has 0 aliphatic rings. The first kappa shape index (κ1) is 12.3. The predicted octanol–water partition coefficient (Wildman–Crippen LogP) is 2.58. The molecule has 0 bridgehead atoms. The second kappa shape index (κ2) is 8.50. The topological polar surface area (TPSA) is 34.4 Å². The minimum absolute atomic E-state index is 0.573. The average Bonchev–Trinajstić information content (AvgIpc) is 2.75. The van der Waals surface area contributed by atoms with Crippen LogP contribution in [0.3, 0.4) is 0 Å². The van der Waals surface area contributed by atoms with Crippen LogP contribution in [0.1, 0.15) is 31.9 Å². The number of ether oxygens (including phenoxy) is 1. The molecule has 0 atom stereocenters. The molecule has 15 heavy (non-hydrogen) atoms. The van der Waals surface area contributed by atoms with E-state index in [0.29, 0.717) is 6.61 Å². The van der Waals surface area contributed by atoms with Crippen LogP contribution >= 0.6 is 0 Å². The van der Waals surface area contributed by atoms with Crippen molar-refractivity contribution in [1.29, 1.82) is 0 Å². The van der Waals surface area contributed by atoms with Crippen LogP contribution in [0.25, 0.3) is 0 Å². The lowest BCUT2D eigenvalue weighted by molar-refractivity contribution is 0.108. The van der Waals surface area contributed by atoms with Gasteiger partial charge >= 0.3 is 0 Å². The van der Waals surface area contributed by atoms with E-state index in [4.69, 9.17) is 9.15 Å². The van der Waals surface area contributed by atoms with Gasteiger partial charge in [0, 0.05) is 6.54 Å². The Morgan fingerprint density at radius 2 is 2.27 bits per heavy atom. The lowest BCUT2D eigenvalue weighted by Crippen LogP contribution is -2.20. The van der Waals surface area contributed by atoms with Crippen molar-refractivity contribution in [2.24, 2.45) is 0 Å². The van der Waals surface area contributed by atoms with E-state index < -0.39 is 0 Å². The first-order valence-electron chi connectivity index (χ1n) is 5.74. The van der Waals surface area contributed by atoms with Crippen molar-refractivity contribution in [2.45, 2.75) is 32.8 Å². The molecule has 0 spiro atoms. The maximum absolute atomic E-state index is 5.43. The maximum Gasteiger partial charge on any atom is 0.129 e. The largest absolute Gasteiger partial charge is 0.467 e. The van der Waals surface area contributed by atoms with Gasteiger partial charge in [-0.15, -0.1) is 0 Å². The van der Waals surface area contributed by atoms with Crippen molar-refractivity contribution >= 4 is 0 Å². The van der Waals surface area contributed by atoms with Gasteiger partial charge in [-0.25, -0.2) is 0 Å². The van der Waals surface area contributed by atoms with Gasteiger partial charge in [0.15, 0.2) is 0 Å². The Labute approximate surface area is 91.8 Å². The Balaban J connectivity index is 1.81. The molecule has 3 heteroatoms. The van der Waals surface area contributed by atoms with E-state index in [1.165, 1.54) is 19.3 Å². The van der Waals surface area contributed by atoms with Crippen molar-refractivity contribution in [3.8, 4) is 0 Å². The summed E-state index contributed by atoms with van der Waals surface area (Å²) in [5.41, 5.74) is 0. The zero-order valence-corrected chi connectivity index (χ0v) is 9.50. The Kier molecular flexibility index (Phi) is 6.96. The van der Waals surface area contributed by atoms with E-state index in [-0.39, 0.29) is 0 Å². The summed E-state index contributed by atoms with van der Waals surface area (Å²) < 4.78 is 10.6. The highest BCUT2D eigenvalue weighted by atomic mass is 16.5. The molecule has 3 nitrogen and oxygen atoms in total. The molecule has 0 unspecified atom stereocenters. The number of hydrogen-bond acceptors (Lipinski definition) is 3. The van der Waals surface area contributed by atoms with E-state index in [1.54, 1.807) is 6.26 Å². The van der Waals surface area contributed by atoms with E-state index >= 15 is 0 Å². The molecule has 0 aromatic carbocycles. The van der Waals surface area contributed by atoms with E-state index in [9.17, 15) is 0 Å². The predicted molar refractivity (Wildman–Crippen MR) is 60.8 cm³/mol. The van der Waals surface area contributed by atoms with Crippen LogP contribution in [-0.4, -0.2) is 19.7 Å². The minimum Gasteiger partial charge on any atom is -0.467 e. The summed E-state index contributed by atoms with van der Waals surface area (Å²) in [6.07, 6.45) is 5.51. The van der Waals surface area contributed by atoms with Gasteiger partial charge in [0.2, 0.25) is 0 Å². The molecule has 0 aliphatic heterocycles. The number of furan rings is 1. The summed E-state index contributed by atoms with van der Waals surface area (Å²) in [5.74, 6) is 0.890. The van der Waals surface area contributed by atoms with Crippen LogP contribution in [0.2, 0.25) is 0 Å². The fourth-order valence-electron chi connectivity index (χ4n) is 1.34. The summed E-state index contributed by atoms with van der Waals surface area (Å²) in [5, 5.41) is 3.34. The van der Waals surface area contributed by atoms with Crippen LogP contribution in [0, 0.1) is 0 Å². The number of nitrogens with one attached hydrogen (secondary N) is 1. The number of unbranched alkanes of at least 4 members (excludes halogenated alkanes) is 2. The molecule has 1 aromatic heterocycles. The lowest BCUT2D eigenvalue weighted by Gasteiger charge is -2.04. The monoisotopic (exact) mass is 211 g/mol. The first-order chi connectivity index (χ1) is 7.43. The third kappa shape index (κ3) is 6.31. The summed E-state index contributed by atoms with van der Waals surface area (Å²) in [6, 6.07) is 3.80. The van der Waals surface area contributed by atoms with Gasteiger partial charge in [0.1, 0.15) is 12.4 Å². The van der Waals surface area contributed by atoms with E-state index in [2.05, 4.69) is 12.2 Å². The number of rotatable bonds is 9. The van der Waals surface area contributed by atoms with Crippen molar-refractivity contribution in [3.63, 3.8) is 0 Å². The van der Waals surface area contributed by atoms with Gasteiger partial charge in [-0.3, -0.25) is 0 Å². The Bertz CT molecular complexity index is 222. The second-order valence-electron chi connectivity index (χ2n) is 3.59. The third-order valence-corrected chi connectivity index (χ3v) is 2.20. The molecule has 86 valence electrons. The van der Waals surface area contributed by atoms with Crippen molar-refractivity contribution < 1.29 is 9.15 Å². The molecule has 0 aliphatic carbocycles. The molecule has 1 aromatic rings. The Morgan fingerprint density at radius 3 is 3.00 bits per heavy atom. The maximum atomic E-state index is 5.43. The van der Waals surface area contributed by atoms with E-state index in [1.807, 2.05) is 12.1 Å². The average molecular weight is 211 g/mol. The zero-order valence-electron chi connectivity index (χ0n) is 9.50. The SMILES string of the molecule is CCCCCNCCOCc1ccco1. The van der Waals surface area contributed by atoms with Gasteiger partial charge in [0.05, 0.1) is 12.9 Å². The standard InChI is InChI=1S/C12H21NO2/c1-2-3-4-7-13-8-10-14-11-12-6-5-9-15-12/h5-6,9,13H,2-4,7-8,10-11H2,1H3. The quantitative estimate of drug-likeness (QED) is 0.637. The van der Waals surface area contributed by atoms with Crippen molar-refractivity contribution in [3.05, 3.63) is 24.2 Å². The van der Waals surface area contributed by atoms with Crippen LogP contribution < -0.4 is 5.32 Å². The second-order valence-corrected chi connectivity index (χ2v) is 3.59. The fraction of sp³-hybridized carbons (Fsp3) is 0.667. The molecule has 0 radical (unpaired) electrons. The third-order valence-electron chi connectivity index (χ3n) is 2.20. The molecule has 1 rings (SSSR count). The Hall–Kier alpha value is -0.800. The molecular weight excluding hydrogens is 190 g/mol. The van der Waals surface area contributed by atoms with Crippen LogP contribution in [-0.2, 0) is 11.3 Å². The smallest absolute Gasteiger partial charge is 0.129 e. The van der Waals surface area contributed by atoms with Gasteiger partial charge in [-0.05, 0) is 25.1 Å². The lowest BCUT2D eigenvalue weighted by atomic mass is 10.2. The summed E-state index contributed by atoms with van der Waals surface area (Å²) >= 11 is 0. The first-order valence-corrected chi connectivity index (χ1v) is 5.74. The minimum atomic E-state index is 0.573. The summed E-state index contributed by atoms with van der Waals surface area (Å²) in [7, 11) is 0. The van der Waals surface area contributed by atoms with Crippen molar-refractivity contribution in [1.82, 2.24) is 5.32 Å². The van der Waals surface area contributed by atoms with Gasteiger partial charge in [0.25, 0.3) is 0 Å². The highest BCUT2D eigenvalue weighted by molar-refractivity contribution is 4.95. The zero-order chi connectivity index (χ0) is 10.8. The van der Waals surface area contributed by atoms with Crippen LogP contribution in [0.5, 0.6) is 0 Å². The molecule has 1 heterocycles. The van der Waals surface area contributed by atoms with Gasteiger partial charge < -0.3 is 14.5 Å². The van der Waals surface area contributed by atoms with Gasteiger partial charge in [-0.1, -0.05) is 19.8 Å². The molecular formula is C12H21NO2. The number of hydrogen-bond donors (Lipinski definition) is 1. The molecule has 0 fully saturated rings. The Morgan fingerprint density at radius 1 is 1.33 bits per heavy atom.